The lowest BCUT2D eigenvalue weighted by molar-refractivity contribution is -0.141. The highest BCUT2D eigenvalue weighted by atomic mass is 19.4. The number of aromatic hydroxyl groups is 1. The smallest absolute Gasteiger partial charge is 0.417 e. The summed E-state index contributed by atoms with van der Waals surface area (Å²) in [6, 6.07) is 8.07. The zero-order chi connectivity index (χ0) is 22.1. The first-order valence-corrected chi connectivity index (χ1v) is 8.69. The maximum Gasteiger partial charge on any atom is 0.417 e. The molecule has 0 fully saturated rings. The minimum absolute atomic E-state index is 0.166. The van der Waals surface area contributed by atoms with E-state index >= 15 is 0 Å². The van der Waals surface area contributed by atoms with Gasteiger partial charge in [-0.15, -0.1) is 0 Å². The fraction of sp³-hybridized carbons (Fsp3) is 0.250. The van der Waals surface area contributed by atoms with Gasteiger partial charge in [0.25, 0.3) is 5.56 Å². The highest BCUT2D eigenvalue weighted by Crippen LogP contribution is 2.33. The van der Waals surface area contributed by atoms with E-state index in [1.54, 1.807) is 24.3 Å². The van der Waals surface area contributed by atoms with Crippen LogP contribution >= 0.6 is 0 Å². The Morgan fingerprint density at radius 3 is 2.40 bits per heavy atom. The molecule has 0 radical (unpaired) electrons. The molecule has 0 aliphatic rings. The molecule has 7 nitrogen and oxygen atoms in total. The molecule has 3 rings (SSSR count). The molecule has 2 heterocycles. The molecule has 1 atom stereocenters. The van der Waals surface area contributed by atoms with Gasteiger partial charge in [-0.05, 0) is 29.8 Å². The van der Waals surface area contributed by atoms with Crippen molar-refractivity contribution in [2.75, 3.05) is 14.2 Å². The van der Waals surface area contributed by atoms with Crippen molar-refractivity contribution in [1.82, 2.24) is 9.38 Å². The Labute approximate surface area is 168 Å². The molecule has 0 aliphatic heterocycles. The molecule has 0 bridgehead atoms. The highest BCUT2D eigenvalue weighted by Gasteiger charge is 2.32. The number of rotatable bonds is 5. The van der Waals surface area contributed by atoms with E-state index in [-0.39, 0.29) is 17.6 Å². The Hall–Kier alpha value is -3.56. The molecular weight excluding hydrogens is 405 g/mol. The van der Waals surface area contributed by atoms with Crippen LogP contribution in [-0.2, 0) is 15.7 Å². The van der Waals surface area contributed by atoms with Crippen molar-refractivity contribution in [3.8, 4) is 11.6 Å². The van der Waals surface area contributed by atoms with Gasteiger partial charge in [0, 0.05) is 12.1 Å². The Balaban J connectivity index is 2.23. The summed E-state index contributed by atoms with van der Waals surface area (Å²) in [6.45, 7) is 0. The molecule has 0 saturated heterocycles. The van der Waals surface area contributed by atoms with Crippen LogP contribution in [-0.4, -0.2) is 34.7 Å². The second-order valence-corrected chi connectivity index (χ2v) is 6.40. The molecule has 1 unspecified atom stereocenters. The molecule has 158 valence electrons. The van der Waals surface area contributed by atoms with Crippen molar-refractivity contribution in [3.05, 3.63) is 69.6 Å². The number of halogens is 3. The summed E-state index contributed by atoms with van der Waals surface area (Å²) in [6.07, 6.45) is -4.40. The summed E-state index contributed by atoms with van der Waals surface area (Å²) in [4.78, 5) is 28.9. The van der Waals surface area contributed by atoms with Crippen LogP contribution in [0.1, 0.15) is 29.0 Å². The molecule has 1 N–H and O–H groups in total. The van der Waals surface area contributed by atoms with Crippen LogP contribution in [0.2, 0.25) is 0 Å². The fourth-order valence-electron chi connectivity index (χ4n) is 3.09. The van der Waals surface area contributed by atoms with Crippen molar-refractivity contribution >= 4 is 11.6 Å². The Bertz CT molecular complexity index is 1140. The monoisotopic (exact) mass is 422 g/mol. The van der Waals surface area contributed by atoms with E-state index in [1.165, 1.54) is 7.11 Å². The SMILES string of the molecule is COC(=O)CC(c1ccc(OC)cc1)c1c(O)nc2ccc(C(F)(F)F)cn2c1=O. The predicted molar refractivity (Wildman–Crippen MR) is 99.6 cm³/mol. The van der Waals surface area contributed by atoms with Crippen molar-refractivity contribution < 1.29 is 32.5 Å². The third-order valence-electron chi connectivity index (χ3n) is 4.63. The number of aromatic nitrogens is 2. The Morgan fingerprint density at radius 2 is 1.83 bits per heavy atom. The van der Waals surface area contributed by atoms with Gasteiger partial charge in [-0.3, -0.25) is 14.0 Å². The predicted octanol–water partition coefficient (Wildman–Crippen LogP) is 3.12. The number of alkyl halides is 3. The molecule has 30 heavy (non-hydrogen) atoms. The van der Waals surface area contributed by atoms with Gasteiger partial charge in [-0.1, -0.05) is 12.1 Å². The van der Waals surface area contributed by atoms with Crippen molar-refractivity contribution in [2.24, 2.45) is 0 Å². The zero-order valence-electron chi connectivity index (χ0n) is 15.9. The van der Waals surface area contributed by atoms with E-state index in [0.29, 0.717) is 21.9 Å². The quantitative estimate of drug-likeness (QED) is 0.636. The van der Waals surface area contributed by atoms with Gasteiger partial charge in [0.2, 0.25) is 5.88 Å². The molecule has 3 aromatic rings. The van der Waals surface area contributed by atoms with E-state index in [1.807, 2.05) is 0 Å². The van der Waals surface area contributed by atoms with Gasteiger partial charge < -0.3 is 14.6 Å². The summed E-state index contributed by atoms with van der Waals surface area (Å²) in [5.41, 5.74) is -2.01. The number of carbonyl (C=O) groups is 1. The number of methoxy groups -OCH3 is 2. The second kappa shape index (κ2) is 8.05. The van der Waals surface area contributed by atoms with Crippen LogP contribution < -0.4 is 10.3 Å². The summed E-state index contributed by atoms with van der Waals surface area (Å²) in [5, 5.41) is 10.4. The number of pyridine rings is 1. The maximum absolute atomic E-state index is 13.1. The molecule has 10 heteroatoms. The largest absolute Gasteiger partial charge is 0.497 e. The van der Waals surface area contributed by atoms with Crippen LogP contribution in [0.5, 0.6) is 11.6 Å². The molecule has 0 amide bonds. The third kappa shape index (κ3) is 4.07. The van der Waals surface area contributed by atoms with Gasteiger partial charge in [-0.25, -0.2) is 0 Å². The molecular formula is C20H17F3N2O5. The van der Waals surface area contributed by atoms with Crippen molar-refractivity contribution in [1.29, 1.82) is 0 Å². The van der Waals surface area contributed by atoms with Crippen LogP contribution in [0, 0.1) is 0 Å². The van der Waals surface area contributed by atoms with E-state index in [4.69, 9.17) is 4.74 Å². The van der Waals surface area contributed by atoms with Gasteiger partial charge >= 0.3 is 12.1 Å². The van der Waals surface area contributed by atoms with Crippen LogP contribution in [0.4, 0.5) is 13.2 Å². The minimum Gasteiger partial charge on any atom is -0.497 e. The lowest BCUT2D eigenvalue weighted by Crippen LogP contribution is -2.25. The first kappa shape index (κ1) is 21.2. The summed E-state index contributed by atoms with van der Waals surface area (Å²) >= 11 is 0. The molecule has 2 aromatic heterocycles. The topological polar surface area (TPSA) is 90.1 Å². The molecule has 0 saturated carbocycles. The normalized spacial score (nSPS) is 12.6. The van der Waals surface area contributed by atoms with Gasteiger partial charge in [0.1, 0.15) is 11.4 Å². The van der Waals surface area contributed by atoms with Gasteiger partial charge in [0.15, 0.2) is 0 Å². The lowest BCUT2D eigenvalue weighted by atomic mass is 9.89. The lowest BCUT2D eigenvalue weighted by Gasteiger charge is -2.18. The number of nitrogens with zero attached hydrogens (tertiary/aromatic N) is 2. The van der Waals surface area contributed by atoms with E-state index in [2.05, 4.69) is 9.72 Å². The van der Waals surface area contributed by atoms with E-state index in [9.17, 15) is 27.9 Å². The van der Waals surface area contributed by atoms with Crippen molar-refractivity contribution in [2.45, 2.75) is 18.5 Å². The Kier molecular flexibility index (Phi) is 5.68. The number of hydrogen-bond donors (Lipinski definition) is 1. The van der Waals surface area contributed by atoms with Crippen molar-refractivity contribution in [3.63, 3.8) is 0 Å². The summed E-state index contributed by atoms with van der Waals surface area (Å²) in [5.74, 6) is -1.84. The number of carbonyl (C=O) groups excluding carboxylic acids is 1. The average Bonchev–Trinajstić information content (AvgIpc) is 2.72. The minimum atomic E-state index is -4.67. The van der Waals surface area contributed by atoms with E-state index in [0.717, 1.165) is 19.2 Å². The third-order valence-corrected chi connectivity index (χ3v) is 4.63. The fourth-order valence-corrected chi connectivity index (χ4v) is 3.09. The number of ether oxygens (including phenoxy) is 2. The summed E-state index contributed by atoms with van der Waals surface area (Å²) < 4.78 is 49.7. The summed E-state index contributed by atoms with van der Waals surface area (Å²) in [7, 11) is 2.62. The highest BCUT2D eigenvalue weighted by molar-refractivity contribution is 5.71. The number of esters is 1. The number of hydrogen-bond acceptors (Lipinski definition) is 6. The van der Waals surface area contributed by atoms with Crippen LogP contribution in [0.3, 0.4) is 0 Å². The second-order valence-electron chi connectivity index (χ2n) is 6.40. The number of fused-ring (bicyclic) bond motifs is 1. The standard InChI is InChI=1S/C20H17F3N2O5/c1-29-13-6-3-11(4-7-13)14(9-16(26)30-2)17-18(27)24-15-8-5-12(20(21,22)23)10-25(15)19(17)28/h3-8,10,14,27H,9H2,1-2H3. The average molecular weight is 422 g/mol. The number of benzene rings is 1. The van der Waals surface area contributed by atoms with E-state index < -0.39 is 35.1 Å². The molecule has 0 aliphatic carbocycles. The van der Waals surface area contributed by atoms with Gasteiger partial charge in [0.05, 0.1) is 31.8 Å². The van der Waals surface area contributed by atoms with Crippen LogP contribution in [0.25, 0.3) is 5.65 Å². The Morgan fingerprint density at radius 1 is 1.17 bits per heavy atom. The first-order chi connectivity index (χ1) is 14.2. The maximum atomic E-state index is 13.1. The molecule has 0 spiro atoms. The van der Waals surface area contributed by atoms with Gasteiger partial charge in [-0.2, -0.15) is 18.2 Å². The molecule has 1 aromatic carbocycles. The first-order valence-electron chi connectivity index (χ1n) is 8.69. The zero-order valence-corrected chi connectivity index (χ0v) is 15.9. The van der Waals surface area contributed by atoms with Crippen LogP contribution in [0.15, 0.2) is 47.4 Å².